The molecule has 1 aliphatic rings. The third kappa shape index (κ3) is 1.21. The van der Waals surface area contributed by atoms with Gasteiger partial charge in [-0.2, -0.15) is 0 Å². The third-order valence-corrected chi connectivity index (χ3v) is 2.50. The van der Waals surface area contributed by atoms with E-state index in [1.165, 1.54) is 12.8 Å². The zero-order valence-electron chi connectivity index (χ0n) is 7.80. The van der Waals surface area contributed by atoms with E-state index in [-0.39, 0.29) is 0 Å². The maximum atomic E-state index is 4.35. The normalized spacial score (nSPS) is 15.7. The van der Waals surface area contributed by atoms with Crippen LogP contribution in [0.1, 0.15) is 18.9 Å². The molecule has 0 spiro atoms. The van der Waals surface area contributed by atoms with Crippen LogP contribution >= 0.6 is 0 Å². The second kappa shape index (κ2) is 2.94. The van der Waals surface area contributed by atoms with Gasteiger partial charge in [-0.25, -0.2) is 4.98 Å². The molecule has 2 heterocycles. The van der Waals surface area contributed by atoms with E-state index in [0.29, 0.717) is 6.04 Å². The minimum absolute atomic E-state index is 0.662. The molecule has 1 aliphatic carbocycles. The van der Waals surface area contributed by atoms with Gasteiger partial charge in [0, 0.05) is 24.6 Å². The third-order valence-electron chi connectivity index (χ3n) is 2.50. The number of hydrogen-bond donors (Lipinski definition) is 0. The van der Waals surface area contributed by atoms with Gasteiger partial charge in [0.25, 0.3) is 0 Å². The highest BCUT2D eigenvalue weighted by Gasteiger charge is 2.25. The van der Waals surface area contributed by atoms with Crippen molar-refractivity contribution >= 4 is 0 Å². The molecule has 1 saturated carbocycles. The van der Waals surface area contributed by atoms with Crippen molar-refractivity contribution in [1.82, 2.24) is 14.5 Å². The van der Waals surface area contributed by atoms with E-state index >= 15 is 0 Å². The number of imidazole rings is 1. The van der Waals surface area contributed by atoms with Gasteiger partial charge < -0.3 is 4.57 Å². The summed E-state index contributed by atoms with van der Waals surface area (Å²) in [4.78, 5) is 8.66. The zero-order chi connectivity index (χ0) is 9.38. The van der Waals surface area contributed by atoms with Crippen LogP contribution in [0.25, 0.3) is 11.5 Å². The van der Waals surface area contributed by atoms with Crippen LogP contribution in [0.5, 0.6) is 0 Å². The first kappa shape index (κ1) is 7.74. The first-order valence-corrected chi connectivity index (χ1v) is 4.89. The second-order valence-corrected chi connectivity index (χ2v) is 3.60. The highest BCUT2D eigenvalue weighted by molar-refractivity contribution is 5.49. The quantitative estimate of drug-likeness (QED) is 0.718. The van der Waals surface area contributed by atoms with Gasteiger partial charge in [-0.1, -0.05) is 6.07 Å². The molecule has 0 radical (unpaired) electrons. The van der Waals surface area contributed by atoms with Crippen molar-refractivity contribution < 1.29 is 0 Å². The van der Waals surface area contributed by atoms with Crippen molar-refractivity contribution in [3.63, 3.8) is 0 Å². The van der Waals surface area contributed by atoms with E-state index < -0.39 is 0 Å². The van der Waals surface area contributed by atoms with Crippen molar-refractivity contribution in [2.45, 2.75) is 18.9 Å². The fraction of sp³-hybridized carbons (Fsp3) is 0.273. The lowest BCUT2D eigenvalue weighted by Crippen LogP contribution is -1.96. The molecule has 14 heavy (non-hydrogen) atoms. The number of nitrogens with zero attached hydrogens (tertiary/aromatic N) is 3. The van der Waals surface area contributed by atoms with Gasteiger partial charge in [0.1, 0.15) is 5.69 Å². The van der Waals surface area contributed by atoms with Crippen LogP contribution in [-0.2, 0) is 0 Å². The minimum Gasteiger partial charge on any atom is -0.327 e. The summed E-state index contributed by atoms with van der Waals surface area (Å²) in [5.74, 6) is 0.994. The maximum absolute atomic E-state index is 4.35. The Morgan fingerprint density at radius 1 is 1.14 bits per heavy atom. The highest BCUT2D eigenvalue weighted by Crippen LogP contribution is 2.37. The molecule has 0 saturated heterocycles. The number of pyridine rings is 1. The summed E-state index contributed by atoms with van der Waals surface area (Å²) in [5, 5.41) is 0. The zero-order valence-corrected chi connectivity index (χ0v) is 7.80. The van der Waals surface area contributed by atoms with E-state index in [9.17, 15) is 0 Å². The van der Waals surface area contributed by atoms with Gasteiger partial charge in [-0.15, -0.1) is 0 Å². The molecule has 0 atom stereocenters. The fourth-order valence-corrected chi connectivity index (χ4v) is 1.65. The summed E-state index contributed by atoms with van der Waals surface area (Å²) in [6.45, 7) is 0. The van der Waals surface area contributed by atoms with E-state index in [2.05, 4.69) is 14.5 Å². The molecule has 0 unspecified atom stereocenters. The lowest BCUT2D eigenvalue weighted by Gasteiger charge is -2.04. The van der Waals surface area contributed by atoms with Gasteiger partial charge in [-0.3, -0.25) is 4.98 Å². The topological polar surface area (TPSA) is 30.7 Å². The summed E-state index contributed by atoms with van der Waals surface area (Å²) in [6.07, 6.45) is 8.25. The Labute approximate surface area is 82.4 Å². The van der Waals surface area contributed by atoms with Crippen molar-refractivity contribution in [1.29, 1.82) is 0 Å². The molecule has 2 aromatic heterocycles. The van der Waals surface area contributed by atoms with Crippen LogP contribution in [0.2, 0.25) is 0 Å². The van der Waals surface area contributed by atoms with E-state index in [1.807, 2.05) is 30.6 Å². The molecular weight excluding hydrogens is 174 g/mol. The van der Waals surface area contributed by atoms with E-state index in [4.69, 9.17) is 0 Å². The highest BCUT2D eigenvalue weighted by atomic mass is 15.1. The summed E-state index contributed by atoms with van der Waals surface area (Å²) in [7, 11) is 0. The molecule has 0 aromatic carbocycles. The Balaban J connectivity index is 2.07. The van der Waals surface area contributed by atoms with Crippen LogP contribution in [0.3, 0.4) is 0 Å². The molecule has 3 heteroatoms. The Morgan fingerprint density at radius 2 is 2.07 bits per heavy atom. The number of rotatable bonds is 2. The lowest BCUT2D eigenvalue weighted by atomic mass is 10.3. The summed E-state index contributed by atoms with van der Waals surface area (Å²) >= 11 is 0. The van der Waals surface area contributed by atoms with Gasteiger partial charge in [0.2, 0.25) is 0 Å². The molecule has 0 N–H and O–H groups in total. The van der Waals surface area contributed by atoms with Crippen LogP contribution in [0.15, 0.2) is 36.8 Å². The molecule has 1 fully saturated rings. The predicted molar refractivity (Wildman–Crippen MR) is 53.7 cm³/mol. The second-order valence-electron chi connectivity index (χ2n) is 3.60. The van der Waals surface area contributed by atoms with Crippen molar-refractivity contribution in [2.75, 3.05) is 0 Å². The summed E-state index contributed by atoms with van der Waals surface area (Å²) in [6, 6.07) is 6.58. The maximum Gasteiger partial charge on any atom is 0.158 e. The van der Waals surface area contributed by atoms with Crippen LogP contribution < -0.4 is 0 Å². The average molecular weight is 185 g/mol. The van der Waals surface area contributed by atoms with Crippen molar-refractivity contribution in [2.24, 2.45) is 0 Å². The predicted octanol–water partition coefficient (Wildman–Crippen LogP) is 2.28. The molecule has 3 nitrogen and oxygen atoms in total. The molecule has 0 amide bonds. The van der Waals surface area contributed by atoms with Crippen LogP contribution in [-0.4, -0.2) is 14.5 Å². The standard InChI is InChI=1S/C11H11N3/c1-2-6-12-10(3-1)11-13-7-8-14(11)9-4-5-9/h1-3,6-9H,4-5H2. The molecular formula is C11H11N3. The van der Waals surface area contributed by atoms with Gasteiger partial charge in [0.05, 0.1) is 0 Å². The smallest absolute Gasteiger partial charge is 0.158 e. The van der Waals surface area contributed by atoms with Gasteiger partial charge >= 0.3 is 0 Å². The summed E-state index contributed by atoms with van der Waals surface area (Å²) < 4.78 is 2.22. The SMILES string of the molecule is c1ccc(-c2nccn2C2CC2)nc1. The van der Waals surface area contributed by atoms with E-state index in [1.54, 1.807) is 6.20 Å². The molecule has 3 rings (SSSR count). The van der Waals surface area contributed by atoms with Crippen LogP contribution in [0, 0.1) is 0 Å². The van der Waals surface area contributed by atoms with E-state index in [0.717, 1.165) is 11.5 Å². The van der Waals surface area contributed by atoms with Crippen molar-refractivity contribution in [3.05, 3.63) is 36.8 Å². The Hall–Kier alpha value is -1.64. The summed E-state index contributed by atoms with van der Waals surface area (Å²) in [5.41, 5.74) is 0.962. The van der Waals surface area contributed by atoms with Crippen molar-refractivity contribution in [3.8, 4) is 11.5 Å². The average Bonchev–Trinajstić information content (AvgIpc) is 2.98. The molecule has 2 aromatic rings. The lowest BCUT2D eigenvalue weighted by molar-refractivity contribution is 0.747. The largest absolute Gasteiger partial charge is 0.327 e. The Kier molecular flexibility index (Phi) is 1.63. The fourth-order valence-electron chi connectivity index (χ4n) is 1.65. The first-order valence-electron chi connectivity index (χ1n) is 4.89. The molecule has 0 bridgehead atoms. The van der Waals surface area contributed by atoms with Gasteiger partial charge in [0.15, 0.2) is 5.82 Å². The Bertz CT molecular complexity index is 429. The number of aromatic nitrogens is 3. The minimum atomic E-state index is 0.662. The van der Waals surface area contributed by atoms with Crippen LogP contribution in [0.4, 0.5) is 0 Å². The first-order chi connectivity index (χ1) is 6.95. The monoisotopic (exact) mass is 185 g/mol. The molecule has 0 aliphatic heterocycles. The Morgan fingerprint density at radius 3 is 2.79 bits per heavy atom. The number of hydrogen-bond acceptors (Lipinski definition) is 2. The molecule has 70 valence electrons. The van der Waals surface area contributed by atoms with Gasteiger partial charge in [-0.05, 0) is 25.0 Å².